The first-order valence-electron chi connectivity index (χ1n) is 6.43. The number of hydrogen-bond acceptors (Lipinski definition) is 4. The number of hydrogen-bond donors (Lipinski definition) is 2. The van der Waals surface area contributed by atoms with Gasteiger partial charge < -0.3 is 20.7 Å². The van der Waals surface area contributed by atoms with E-state index in [2.05, 4.69) is 5.32 Å². The molecule has 0 aliphatic rings. The lowest BCUT2D eigenvalue weighted by molar-refractivity contribution is -0.117. The van der Waals surface area contributed by atoms with Crippen molar-refractivity contribution in [3.63, 3.8) is 0 Å². The van der Waals surface area contributed by atoms with Crippen LogP contribution in [-0.2, 0) is 4.79 Å². The number of primary amides is 1. The second-order valence-corrected chi connectivity index (χ2v) is 4.65. The molecule has 0 radical (unpaired) electrons. The van der Waals surface area contributed by atoms with Crippen molar-refractivity contribution >= 4 is 11.8 Å². The average Bonchev–Trinajstić information content (AvgIpc) is 2.38. The molecule has 0 bridgehead atoms. The van der Waals surface area contributed by atoms with Gasteiger partial charge >= 0.3 is 0 Å². The molecule has 1 aromatic rings. The van der Waals surface area contributed by atoms with E-state index in [9.17, 15) is 9.59 Å². The molecule has 0 heterocycles. The van der Waals surface area contributed by atoms with Crippen LogP contribution < -0.4 is 15.8 Å². The summed E-state index contributed by atoms with van der Waals surface area (Å²) in [7, 11) is 3.95. The zero-order valence-corrected chi connectivity index (χ0v) is 11.9. The van der Waals surface area contributed by atoms with Gasteiger partial charge in [0.1, 0.15) is 12.4 Å². The first kappa shape index (κ1) is 16.0. The third-order valence-corrected chi connectivity index (χ3v) is 2.58. The van der Waals surface area contributed by atoms with E-state index in [1.54, 1.807) is 24.3 Å². The van der Waals surface area contributed by atoms with Crippen molar-refractivity contribution in [2.45, 2.75) is 6.42 Å². The van der Waals surface area contributed by atoms with E-state index in [1.807, 2.05) is 19.0 Å². The summed E-state index contributed by atoms with van der Waals surface area (Å²) in [5.41, 5.74) is 5.52. The number of amides is 2. The molecule has 0 aliphatic heterocycles. The number of benzene rings is 1. The van der Waals surface area contributed by atoms with Crippen LogP contribution in [0.4, 0.5) is 0 Å². The molecule has 6 nitrogen and oxygen atoms in total. The van der Waals surface area contributed by atoms with Gasteiger partial charge in [0.25, 0.3) is 5.91 Å². The maximum absolute atomic E-state index is 11.7. The molecule has 110 valence electrons. The van der Waals surface area contributed by atoms with E-state index in [4.69, 9.17) is 10.5 Å². The summed E-state index contributed by atoms with van der Waals surface area (Å²) < 4.78 is 5.53. The SMILES string of the molecule is CN(C)CCOc1ccc(C(=O)NCCC(N)=O)cc1. The van der Waals surface area contributed by atoms with Crippen LogP contribution in [0.2, 0.25) is 0 Å². The third kappa shape index (κ3) is 6.19. The third-order valence-electron chi connectivity index (χ3n) is 2.58. The Morgan fingerprint density at radius 3 is 2.45 bits per heavy atom. The fourth-order valence-corrected chi connectivity index (χ4v) is 1.45. The molecule has 0 saturated carbocycles. The van der Waals surface area contributed by atoms with Gasteiger partial charge in [-0.2, -0.15) is 0 Å². The number of likely N-dealkylation sites (N-methyl/N-ethyl adjacent to an activating group) is 1. The number of rotatable bonds is 8. The molecule has 0 unspecified atom stereocenters. The minimum absolute atomic E-state index is 0.136. The smallest absolute Gasteiger partial charge is 0.251 e. The molecule has 0 atom stereocenters. The summed E-state index contributed by atoms with van der Waals surface area (Å²) >= 11 is 0. The predicted octanol–water partition coefficient (Wildman–Crippen LogP) is 0.232. The Bertz CT molecular complexity index is 443. The van der Waals surface area contributed by atoms with E-state index in [1.165, 1.54) is 0 Å². The van der Waals surface area contributed by atoms with Gasteiger partial charge in [-0.1, -0.05) is 0 Å². The number of carbonyl (C=O) groups is 2. The minimum Gasteiger partial charge on any atom is -0.492 e. The van der Waals surface area contributed by atoms with E-state index in [-0.39, 0.29) is 18.9 Å². The zero-order chi connectivity index (χ0) is 15.0. The minimum atomic E-state index is -0.435. The van der Waals surface area contributed by atoms with Gasteiger partial charge in [-0.15, -0.1) is 0 Å². The lowest BCUT2D eigenvalue weighted by Gasteiger charge is -2.11. The van der Waals surface area contributed by atoms with Gasteiger partial charge in [0.15, 0.2) is 0 Å². The quantitative estimate of drug-likeness (QED) is 0.713. The Labute approximate surface area is 118 Å². The van der Waals surface area contributed by atoms with Gasteiger partial charge in [0.05, 0.1) is 0 Å². The summed E-state index contributed by atoms with van der Waals surface area (Å²) in [6, 6.07) is 6.87. The molecule has 0 spiro atoms. The van der Waals surface area contributed by atoms with Crippen molar-refractivity contribution in [2.24, 2.45) is 5.73 Å². The average molecular weight is 279 g/mol. The monoisotopic (exact) mass is 279 g/mol. The van der Waals surface area contributed by atoms with Crippen LogP contribution >= 0.6 is 0 Å². The first-order valence-corrected chi connectivity index (χ1v) is 6.43. The Kier molecular flexibility index (Phi) is 6.52. The van der Waals surface area contributed by atoms with Gasteiger partial charge in [0.2, 0.25) is 5.91 Å². The topological polar surface area (TPSA) is 84.7 Å². The van der Waals surface area contributed by atoms with E-state index >= 15 is 0 Å². The van der Waals surface area contributed by atoms with Crippen LogP contribution in [0.3, 0.4) is 0 Å². The molecular formula is C14H21N3O3. The van der Waals surface area contributed by atoms with E-state index in [0.29, 0.717) is 12.2 Å². The van der Waals surface area contributed by atoms with Crippen molar-refractivity contribution in [1.82, 2.24) is 10.2 Å². The standard InChI is InChI=1S/C14H21N3O3/c1-17(2)9-10-20-12-5-3-11(4-6-12)14(19)16-8-7-13(15)18/h3-6H,7-10H2,1-2H3,(H2,15,18)(H,16,19). The second-order valence-electron chi connectivity index (χ2n) is 4.65. The number of carbonyl (C=O) groups excluding carboxylic acids is 2. The summed E-state index contributed by atoms with van der Waals surface area (Å²) in [6.45, 7) is 1.67. The number of ether oxygens (including phenoxy) is 1. The molecular weight excluding hydrogens is 258 g/mol. The lowest BCUT2D eigenvalue weighted by atomic mass is 10.2. The van der Waals surface area contributed by atoms with Crippen LogP contribution in [-0.4, -0.2) is 50.5 Å². The highest BCUT2D eigenvalue weighted by Crippen LogP contribution is 2.12. The molecule has 2 amide bonds. The zero-order valence-electron chi connectivity index (χ0n) is 11.9. The van der Waals surface area contributed by atoms with Crippen LogP contribution in [0.15, 0.2) is 24.3 Å². The van der Waals surface area contributed by atoms with Gasteiger partial charge in [0, 0.05) is 25.1 Å². The first-order chi connectivity index (χ1) is 9.49. The van der Waals surface area contributed by atoms with Crippen LogP contribution in [0, 0.1) is 0 Å². The normalized spacial score (nSPS) is 10.3. The maximum atomic E-state index is 11.7. The molecule has 20 heavy (non-hydrogen) atoms. The fourth-order valence-electron chi connectivity index (χ4n) is 1.45. The second kappa shape index (κ2) is 8.16. The van der Waals surface area contributed by atoms with Crippen LogP contribution in [0.1, 0.15) is 16.8 Å². The van der Waals surface area contributed by atoms with E-state index < -0.39 is 5.91 Å². The summed E-state index contributed by atoms with van der Waals surface area (Å²) in [6.07, 6.45) is 0.136. The summed E-state index contributed by atoms with van der Waals surface area (Å²) in [5, 5.41) is 2.62. The predicted molar refractivity (Wildman–Crippen MR) is 76.6 cm³/mol. The van der Waals surface area contributed by atoms with Crippen molar-refractivity contribution in [2.75, 3.05) is 33.8 Å². The highest BCUT2D eigenvalue weighted by atomic mass is 16.5. The molecule has 3 N–H and O–H groups in total. The molecule has 0 aliphatic carbocycles. The van der Waals surface area contributed by atoms with E-state index in [0.717, 1.165) is 12.3 Å². The molecule has 0 aromatic heterocycles. The van der Waals surface area contributed by atoms with Crippen molar-refractivity contribution in [3.05, 3.63) is 29.8 Å². The molecule has 0 saturated heterocycles. The highest BCUT2D eigenvalue weighted by molar-refractivity contribution is 5.94. The lowest BCUT2D eigenvalue weighted by Crippen LogP contribution is -2.27. The Hall–Kier alpha value is -2.08. The summed E-state index contributed by atoms with van der Waals surface area (Å²) in [5.74, 6) is 0.0570. The van der Waals surface area contributed by atoms with Gasteiger partial charge in [-0.25, -0.2) is 0 Å². The molecule has 1 aromatic carbocycles. The number of nitrogens with two attached hydrogens (primary N) is 1. The van der Waals surface area contributed by atoms with Crippen LogP contribution in [0.25, 0.3) is 0 Å². The van der Waals surface area contributed by atoms with Gasteiger partial charge in [-0.05, 0) is 38.4 Å². The molecule has 6 heteroatoms. The highest BCUT2D eigenvalue weighted by Gasteiger charge is 2.05. The van der Waals surface area contributed by atoms with Crippen molar-refractivity contribution in [1.29, 1.82) is 0 Å². The molecule has 1 rings (SSSR count). The fraction of sp³-hybridized carbons (Fsp3) is 0.429. The Morgan fingerprint density at radius 1 is 1.25 bits per heavy atom. The van der Waals surface area contributed by atoms with Crippen molar-refractivity contribution < 1.29 is 14.3 Å². The van der Waals surface area contributed by atoms with Crippen LogP contribution in [0.5, 0.6) is 5.75 Å². The molecule has 0 fully saturated rings. The number of nitrogens with one attached hydrogen (secondary N) is 1. The van der Waals surface area contributed by atoms with Crippen molar-refractivity contribution in [3.8, 4) is 5.75 Å². The Morgan fingerprint density at radius 2 is 1.90 bits per heavy atom. The van der Waals surface area contributed by atoms with Gasteiger partial charge in [-0.3, -0.25) is 9.59 Å². The Balaban J connectivity index is 2.41. The number of nitrogens with zero attached hydrogens (tertiary/aromatic N) is 1. The summed E-state index contributed by atoms with van der Waals surface area (Å²) in [4.78, 5) is 24.3. The maximum Gasteiger partial charge on any atom is 0.251 e. The largest absolute Gasteiger partial charge is 0.492 e.